The van der Waals surface area contributed by atoms with Gasteiger partial charge in [0.05, 0.1) is 17.7 Å². The van der Waals surface area contributed by atoms with Gasteiger partial charge in [-0.1, -0.05) is 24.3 Å². The normalized spacial score (nSPS) is 20.7. The molecule has 4 rings (SSSR count). The molecule has 25 heavy (non-hydrogen) atoms. The molecule has 1 amide bonds. The minimum absolute atomic E-state index is 0.185. The van der Waals surface area contributed by atoms with Gasteiger partial charge < -0.3 is 10.4 Å². The fraction of sp³-hybridized carbons (Fsp3) is 0.250. The first-order valence-electron chi connectivity index (χ1n) is 8.45. The molecule has 5 nitrogen and oxygen atoms in total. The first-order chi connectivity index (χ1) is 12.2. The minimum Gasteiger partial charge on any atom is -0.393 e. The van der Waals surface area contributed by atoms with Crippen molar-refractivity contribution in [3.8, 4) is 0 Å². The Kier molecular flexibility index (Phi) is 4.15. The largest absolute Gasteiger partial charge is 0.393 e. The second-order valence-electron chi connectivity index (χ2n) is 6.51. The lowest BCUT2D eigenvalue weighted by atomic mass is 9.75. The van der Waals surface area contributed by atoms with Gasteiger partial charge in [0.2, 0.25) is 0 Å². The summed E-state index contributed by atoms with van der Waals surface area (Å²) in [5.74, 6) is -0.00854. The van der Waals surface area contributed by atoms with E-state index in [1.54, 1.807) is 24.4 Å². The molecule has 1 aromatic carbocycles. The SMILES string of the molecule is O=C(N[C@H](c1cnc2ccccc2c1)C1CC(O)C1)c1ccccn1. The van der Waals surface area contributed by atoms with Crippen LogP contribution in [-0.2, 0) is 0 Å². The minimum atomic E-state index is -0.285. The number of aromatic nitrogens is 2. The van der Waals surface area contributed by atoms with Gasteiger partial charge >= 0.3 is 0 Å². The highest BCUT2D eigenvalue weighted by Crippen LogP contribution is 2.38. The molecule has 0 spiro atoms. The van der Waals surface area contributed by atoms with Crippen LogP contribution in [0.25, 0.3) is 10.9 Å². The predicted octanol–water partition coefficient (Wildman–Crippen LogP) is 2.87. The number of pyridine rings is 2. The lowest BCUT2D eigenvalue weighted by Crippen LogP contribution is -2.41. The zero-order valence-electron chi connectivity index (χ0n) is 13.7. The number of fused-ring (bicyclic) bond motifs is 1. The summed E-state index contributed by atoms with van der Waals surface area (Å²) in [6, 6.07) is 15.1. The number of nitrogens with zero attached hydrogens (tertiary/aromatic N) is 2. The van der Waals surface area contributed by atoms with Gasteiger partial charge in [-0.05, 0) is 48.6 Å². The van der Waals surface area contributed by atoms with Crippen LogP contribution in [0.4, 0.5) is 0 Å². The molecule has 1 fully saturated rings. The Morgan fingerprint density at radius 1 is 1.12 bits per heavy atom. The summed E-state index contributed by atoms with van der Waals surface area (Å²) < 4.78 is 0. The molecular weight excluding hydrogens is 314 g/mol. The zero-order chi connectivity index (χ0) is 17.2. The predicted molar refractivity (Wildman–Crippen MR) is 94.9 cm³/mol. The fourth-order valence-electron chi connectivity index (χ4n) is 3.35. The third-order valence-corrected chi connectivity index (χ3v) is 4.78. The van der Waals surface area contributed by atoms with Gasteiger partial charge in [0.15, 0.2) is 0 Å². The Hall–Kier alpha value is -2.79. The van der Waals surface area contributed by atoms with Crippen LogP contribution in [0.3, 0.4) is 0 Å². The number of carbonyl (C=O) groups excluding carboxylic acids is 1. The van der Waals surface area contributed by atoms with Crippen LogP contribution in [0.15, 0.2) is 60.9 Å². The highest BCUT2D eigenvalue weighted by Gasteiger charge is 2.36. The van der Waals surface area contributed by atoms with Gasteiger partial charge in [-0.2, -0.15) is 0 Å². The van der Waals surface area contributed by atoms with Gasteiger partial charge in [-0.3, -0.25) is 14.8 Å². The standard InChI is InChI=1S/C20H19N3O2/c24-16-10-14(11-16)19(23-20(25)18-7-3-4-8-21-18)15-9-13-5-1-2-6-17(13)22-12-15/h1-9,12,14,16,19,24H,10-11H2,(H,23,25)/t14?,16?,19-/m0/s1. The maximum absolute atomic E-state index is 12.6. The van der Waals surface area contributed by atoms with Crippen LogP contribution < -0.4 is 5.32 Å². The van der Waals surface area contributed by atoms with Crippen LogP contribution in [0.2, 0.25) is 0 Å². The number of para-hydroxylation sites is 1. The number of aliphatic hydroxyl groups excluding tert-OH is 1. The maximum atomic E-state index is 12.6. The molecule has 0 aliphatic heterocycles. The van der Waals surface area contributed by atoms with E-state index in [1.165, 1.54) is 0 Å². The lowest BCUT2D eigenvalue weighted by Gasteiger charge is -2.38. The number of nitrogens with one attached hydrogen (secondary N) is 1. The molecule has 2 heterocycles. The van der Waals surface area contributed by atoms with Crippen molar-refractivity contribution in [2.75, 3.05) is 0 Å². The highest BCUT2D eigenvalue weighted by molar-refractivity contribution is 5.92. The lowest BCUT2D eigenvalue weighted by molar-refractivity contribution is 0.0234. The van der Waals surface area contributed by atoms with Crippen molar-refractivity contribution in [3.05, 3.63) is 72.2 Å². The topological polar surface area (TPSA) is 75.1 Å². The van der Waals surface area contributed by atoms with Gasteiger partial charge in [0.1, 0.15) is 5.69 Å². The first kappa shape index (κ1) is 15.7. The van der Waals surface area contributed by atoms with E-state index in [0.29, 0.717) is 18.5 Å². The summed E-state index contributed by atoms with van der Waals surface area (Å²) in [6.45, 7) is 0. The summed E-state index contributed by atoms with van der Waals surface area (Å²) >= 11 is 0. The number of aliphatic hydroxyl groups is 1. The van der Waals surface area contributed by atoms with Gasteiger partial charge in [-0.15, -0.1) is 0 Å². The van der Waals surface area contributed by atoms with Crippen molar-refractivity contribution < 1.29 is 9.90 Å². The molecule has 1 aliphatic carbocycles. The third kappa shape index (κ3) is 3.23. The molecule has 0 saturated heterocycles. The molecule has 0 bridgehead atoms. The summed E-state index contributed by atoms with van der Waals surface area (Å²) in [4.78, 5) is 21.2. The van der Waals surface area contributed by atoms with E-state index in [1.807, 2.05) is 30.5 Å². The molecule has 0 radical (unpaired) electrons. The van der Waals surface area contributed by atoms with Crippen LogP contribution in [-0.4, -0.2) is 27.1 Å². The van der Waals surface area contributed by atoms with Crippen molar-refractivity contribution >= 4 is 16.8 Å². The smallest absolute Gasteiger partial charge is 0.270 e. The Balaban J connectivity index is 1.64. The number of benzene rings is 1. The maximum Gasteiger partial charge on any atom is 0.270 e. The van der Waals surface area contributed by atoms with Crippen molar-refractivity contribution in [1.82, 2.24) is 15.3 Å². The first-order valence-corrected chi connectivity index (χ1v) is 8.45. The monoisotopic (exact) mass is 333 g/mol. The Morgan fingerprint density at radius 2 is 1.92 bits per heavy atom. The molecule has 0 unspecified atom stereocenters. The average molecular weight is 333 g/mol. The van der Waals surface area contributed by atoms with Crippen molar-refractivity contribution in [2.24, 2.45) is 5.92 Å². The quantitative estimate of drug-likeness (QED) is 0.770. The Bertz CT molecular complexity index is 892. The van der Waals surface area contributed by atoms with Gasteiger partial charge in [0.25, 0.3) is 5.91 Å². The van der Waals surface area contributed by atoms with Crippen LogP contribution in [0.5, 0.6) is 0 Å². The van der Waals surface area contributed by atoms with Crippen molar-refractivity contribution in [2.45, 2.75) is 25.0 Å². The number of hydrogen-bond acceptors (Lipinski definition) is 4. The molecule has 3 aromatic rings. The number of carbonyl (C=O) groups is 1. The Morgan fingerprint density at radius 3 is 2.68 bits per heavy atom. The van der Waals surface area contributed by atoms with Gasteiger partial charge in [-0.25, -0.2) is 0 Å². The number of hydrogen-bond donors (Lipinski definition) is 2. The molecule has 2 N–H and O–H groups in total. The Labute approximate surface area is 145 Å². The molecule has 1 atom stereocenters. The van der Waals surface area contributed by atoms with E-state index in [4.69, 9.17) is 0 Å². The second-order valence-corrected chi connectivity index (χ2v) is 6.51. The molecule has 5 heteroatoms. The van der Waals surface area contributed by atoms with Crippen LogP contribution in [0.1, 0.15) is 34.9 Å². The second kappa shape index (κ2) is 6.61. The number of amides is 1. The van der Waals surface area contributed by atoms with Crippen molar-refractivity contribution in [3.63, 3.8) is 0 Å². The van der Waals surface area contributed by atoms with Crippen LogP contribution in [0, 0.1) is 5.92 Å². The number of rotatable bonds is 4. The fourth-order valence-corrected chi connectivity index (χ4v) is 3.35. The summed E-state index contributed by atoms with van der Waals surface area (Å²) in [5.41, 5.74) is 2.27. The molecular formula is C20H19N3O2. The molecule has 126 valence electrons. The van der Waals surface area contributed by atoms with Crippen molar-refractivity contribution in [1.29, 1.82) is 0 Å². The van der Waals surface area contributed by atoms with E-state index in [-0.39, 0.29) is 24.0 Å². The highest BCUT2D eigenvalue weighted by atomic mass is 16.3. The van der Waals surface area contributed by atoms with E-state index in [2.05, 4.69) is 21.4 Å². The van der Waals surface area contributed by atoms with E-state index < -0.39 is 0 Å². The van der Waals surface area contributed by atoms with E-state index >= 15 is 0 Å². The molecule has 1 saturated carbocycles. The van der Waals surface area contributed by atoms with E-state index in [0.717, 1.165) is 16.5 Å². The summed E-state index contributed by atoms with van der Waals surface area (Å²) in [6.07, 6.45) is 4.50. The third-order valence-electron chi connectivity index (χ3n) is 4.78. The van der Waals surface area contributed by atoms with Gasteiger partial charge in [0, 0.05) is 17.8 Å². The molecule has 2 aromatic heterocycles. The van der Waals surface area contributed by atoms with Crippen LogP contribution >= 0.6 is 0 Å². The zero-order valence-corrected chi connectivity index (χ0v) is 13.7. The van der Waals surface area contributed by atoms with E-state index in [9.17, 15) is 9.90 Å². The summed E-state index contributed by atoms with van der Waals surface area (Å²) in [7, 11) is 0. The average Bonchev–Trinajstić information content (AvgIpc) is 2.64. The molecule has 1 aliphatic rings. The summed E-state index contributed by atoms with van der Waals surface area (Å²) in [5, 5.41) is 13.8.